The molecule has 0 bridgehead atoms. The van der Waals surface area contributed by atoms with Gasteiger partial charge in [-0.15, -0.1) is 0 Å². The maximum atomic E-state index is 12.2. The number of carbonyl (C=O) groups is 2. The van der Waals surface area contributed by atoms with Crippen LogP contribution in [0.25, 0.3) is 0 Å². The van der Waals surface area contributed by atoms with Crippen molar-refractivity contribution in [1.29, 1.82) is 0 Å². The summed E-state index contributed by atoms with van der Waals surface area (Å²) in [7, 11) is 1.90. The van der Waals surface area contributed by atoms with E-state index in [2.05, 4.69) is 10.6 Å². The Hall–Kier alpha value is -2.08. The van der Waals surface area contributed by atoms with Gasteiger partial charge in [-0.05, 0) is 45.0 Å². The molecule has 1 aliphatic rings. The largest absolute Gasteiger partial charge is 0.484 e. The van der Waals surface area contributed by atoms with Crippen LogP contribution in [0.1, 0.15) is 19.3 Å². The Morgan fingerprint density at radius 1 is 1.17 bits per heavy atom. The van der Waals surface area contributed by atoms with Crippen molar-refractivity contribution in [2.24, 2.45) is 5.92 Å². The van der Waals surface area contributed by atoms with Crippen molar-refractivity contribution in [1.82, 2.24) is 15.5 Å². The number of carbonyl (C=O) groups excluding carboxylic acids is 2. The van der Waals surface area contributed by atoms with Crippen LogP contribution in [0.3, 0.4) is 0 Å². The molecule has 1 aromatic rings. The fraction of sp³-hybridized carbons (Fsp3) is 0.556. The Balaban J connectivity index is 1.66. The zero-order chi connectivity index (χ0) is 17.2. The third-order valence-electron chi connectivity index (χ3n) is 4.23. The zero-order valence-electron chi connectivity index (χ0n) is 14.3. The molecule has 1 fully saturated rings. The minimum Gasteiger partial charge on any atom is -0.484 e. The number of nitrogens with zero attached hydrogens (tertiary/aromatic N) is 1. The molecule has 0 atom stereocenters. The van der Waals surface area contributed by atoms with Gasteiger partial charge in [0.1, 0.15) is 5.75 Å². The number of piperidine rings is 1. The summed E-state index contributed by atoms with van der Waals surface area (Å²) in [5, 5.41) is 6.03. The monoisotopic (exact) mass is 333 g/mol. The van der Waals surface area contributed by atoms with Gasteiger partial charge in [0.15, 0.2) is 6.61 Å². The molecule has 0 aliphatic carbocycles. The number of hydrogen-bond donors (Lipinski definition) is 2. The summed E-state index contributed by atoms with van der Waals surface area (Å²) in [6.45, 7) is 2.88. The molecule has 1 saturated heterocycles. The van der Waals surface area contributed by atoms with Crippen LogP contribution < -0.4 is 15.4 Å². The van der Waals surface area contributed by atoms with E-state index < -0.39 is 0 Å². The Kier molecular flexibility index (Phi) is 7.55. The molecule has 2 N–H and O–H groups in total. The first-order valence-electron chi connectivity index (χ1n) is 8.58. The molecule has 0 unspecified atom stereocenters. The molecule has 2 amide bonds. The second-order valence-electron chi connectivity index (χ2n) is 6.00. The third-order valence-corrected chi connectivity index (χ3v) is 4.23. The maximum Gasteiger partial charge on any atom is 0.260 e. The summed E-state index contributed by atoms with van der Waals surface area (Å²) in [5.41, 5.74) is 0. The average molecular weight is 333 g/mol. The summed E-state index contributed by atoms with van der Waals surface area (Å²) in [6, 6.07) is 9.32. The Labute approximate surface area is 143 Å². The van der Waals surface area contributed by atoms with Crippen molar-refractivity contribution >= 4 is 11.8 Å². The summed E-state index contributed by atoms with van der Waals surface area (Å²) >= 11 is 0. The van der Waals surface area contributed by atoms with Crippen LogP contribution in [-0.4, -0.2) is 56.5 Å². The fourth-order valence-electron chi connectivity index (χ4n) is 2.77. The SMILES string of the molecule is CNCCCNC(=O)C1CCN(C(=O)COc2ccccc2)CC1. The second kappa shape index (κ2) is 9.93. The first-order valence-corrected chi connectivity index (χ1v) is 8.58. The standard InChI is InChI=1S/C18H27N3O3/c1-19-10-5-11-20-18(23)15-8-12-21(13-9-15)17(22)14-24-16-6-3-2-4-7-16/h2-4,6-7,15,19H,5,8-14H2,1H3,(H,20,23). The summed E-state index contributed by atoms with van der Waals surface area (Å²) in [4.78, 5) is 26.1. The lowest BCUT2D eigenvalue weighted by Gasteiger charge is -2.31. The minimum absolute atomic E-state index is 0.0127. The van der Waals surface area contributed by atoms with E-state index in [1.165, 1.54) is 0 Å². The van der Waals surface area contributed by atoms with E-state index >= 15 is 0 Å². The van der Waals surface area contributed by atoms with Crippen molar-refractivity contribution in [3.8, 4) is 5.75 Å². The normalized spacial score (nSPS) is 15.1. The summed E-state index contributed by atoms with van der Waals surface area (Å²) < 4.78 is 5.49. The number of rotatable bonds is 8. The molecule has 6 heteroatoms. The van der Waals surface area contributed by atoms with E-state index in [1.54, 1.807) is 4.90 Å². The average Bonchev–Trinajstić information content (AvgIpc) is 2.64. The van der Waals surface area contributed by atoms with Crippen LogP contribution in [-0.2, 0) is 9.59 Å². The predicted molar refractivity (Wildman–Crippen MR) is 92.8 cm³/mol. The van der Waals surface area contributed by atoms with Crippen LogP contribution in [0.15, 0.2) is 30.3 Å². The molecule has 0 radical (unpaired) electrons. The lowest BCUT2D eigenvalue weighted by atomic mass is 9.96. The molecule has 6 nitrogen and oxygen atoms in total. The molecule has 0 spiro atoms. The Bertz CT molecular complexity index is 514. The predicted octanol–water partition coefficient (Wildman–Crippen LogP) is 1.03. The van der Waals surface area contributed by atoms with Crippen molar-refractivity contribution < 1.29 is 14.3 Å². The van der Waals surface area contributed by atoms with Crippen LogP contribution in [0.5, 0.6) is 5.75 Å². The number of amides is 2. The van der Waals surface area contributed by atoms with Crippen molar-refractivity contribution in [2.45, 2.75) is 19.3 Å². The van der Waals surface area contributed by atoms with Crippen molar-refractivity contribution in [3.05, 3.63) is 30.3 Å². The molecule has 2 rings (SSSR count). The smallest absolute Gasteiger partial charge is 0.260 e. The Morgan fingerprint density at radius 2 is 1.88 bits per heavy atom. The van der Waals surface area contributed by atoms with Gasteiger partial charge in [-0.2, -0.15) is 0 Å². The van der Waals surface area contributed by atoms with Gasteiger partial charge in [0.25, 0.3) is 5.91 Å². The van der Waals surface area contributed by atoms with Gasteiger partial charge in [0.2, 0.25) is 5.91 Å². The summed E-state index contributed by atoms with van der Waals surface area (Å²) in [6.07, 6.45) is 2.36. The molecule has 1 heterocycles. The number of para-hydroxylation sites is 1. The molecule has 0 saturated carbocycles. The minimum atomic E-state index is -0.0215. The van der Waals surface area contributed by atoms with E-state index in [4.69, 9.17) is 4.74 Å². The molecular weight excluding hydrogens is 306 g/mol. The van der Waals surface area contributed by atoms with E-state index in [9.17, 15) is 9.59 Å². The van der Waals surface area contributed by atoms with Crippen LogP contribution in [0.4, 0.5) is 0 Å². The van der Waals surface area contributed by atoms with Crippen molar-refractivity contribution in [3.63, 3.8) is 0 Å². The number of ether oxygens (including phenoxy) is 1. The summed E-state index contributed by atoms with van der Waals surface area (Å²) in [5.74, 6) is 0.797. The number of nitrogens with one attached hydrogen (secondary N) is 2. The highest BCUT2D eigenvalue weighted by molar-refractivity contribution is 5.80. The van der Waals surface area contributed by atoms with E-state index in [-0.39, 0.29) is 24.3 Å². The molecule has 0 aromatic heterocycles. The van der Waals surface area contributed by atoms with Crippen molar-refractivity contribution in [2.75, 3.05) is 39.8 Å². The quantitative estimate of drug-likeness (QED) is 0.697. The van der Waals surface area contributed by atoms with Gasteiger partial charge in [-0.1, -0.05) is 18.2 Å². The Morgan fingerprint density at radius 3 is 2.54 bits per heavy atom. The van der Waals surface area contributed by atoms with Gasteiger partial charge < -0.3 is 20.3 Å². The first kappa shape index (κ1) is 18.3. The highest BCUT2D eigenvalue weighted by Crippen LogP contribution is 2.18. The zero-order valence-corrected chi connectivity index (χ0v) is 14.3. The second-order valence-corrected chi connectivity index (χ2v) is 6.00. The number of benzene rings is 1. The van der Waals surface area contributed by atoms with Gasteiger partial charge in [0.05, 0.1) is 0 Å². The fourth-order valence-corrected chi connectivity index (χ4v) is 2.77. The van der Waals surface area contributed by atoms with E-state index in [0.717, 1.165) is 25.8 Å². The number of likely N-dealkylation sites (tertiary alicyclic amines) is 1. The highest BCUT2D eigenvalue weighted by atomic mass is 16.5. The van der Waals surface area contributed by atoms with Gasteiger partial charge >= 0.3 is 0 Å². The molecule has 132 valence electrons. The molecular formula is C18H27N3O3. The third kappa shape index (κ3) is 5.85. The first-order chi connectivity index (χ1) is 11.7. The van der Waals surface area contributed by atoms with Crippen LogP contribution >= 0.6 is 0 Å². The maximum absolute atomic E-state index is 12.2. The van der Waals surface area contributed by atoms with Crippen LogP contribution in [0.2, 0.25) is 0 Å². The van der Waals surface area contributed by atoms with Gasteiger partial charge in [-0.3, -0.25) is 9.59 Å². The van der Waals surface area contributed by atoms with Gasteiger partial charge in [-0.25, -0.2) is 0 Å². The van der Waals surface area contributed by atoms with E-state index in [1.807, 2.05) is 37.4 Å². The number of hydrogen-bond acceptors (Lipinski definition) is 4. The highest BCUT2D eigenvalue weighted by Gasteiger charge is 2.27. The molecule has 24 heavy (non-hydrogen) atoms. The lowest BCUT2D eigenvalue weighted by Crippen LogP contribution is -2.44. The topological polar surface area (TPSA) is 70.7 Å². The molecule has 1 aliphatic heterocycles. The lowest BCUT2D eigenvalue weighted by molar-refractivity contribution is -0.137. The van der Waals surface area contributed by atoms with Crippen LogP contribution in [0, 0.1) is 5.92 Å². The molecule has 1 aromatic carbocycles. The van der Waals surface area contributed by atoms with E-state index in [0.29, 0.717) is 25.4 Å². The van der Waals surface area contributed by atoms with Gasteiger partial charge in [0, 0.05) is 25.6 Å².